The summed E-state index contributed by atoms with van der Waals surface area (Å²) in [6.45, 7) is 0.157. The van der Waals surface area contributed by atoms with Crippen LogP contribution in [0.3, 0.4) is 0 Å². The number of halogens is 2. The first kappa shape index (κ1) is 12.0. The highest BCUT2D eigenvalue weighted by molar-refractivity contribution is 5.96. The van der Waals surface area contributed by atoms with Crippen molar-refractivity contribution in [2.45, 2.75) is 18.8 Å². The van der Waals surface area contributed by atoms with Gasteiger partial charge in [0.25, 0.3) is 11.8 Å². The third-order valence-corrected chi connectivity index (χ3v) is 3.32. The molecule has 7 heteroatoms. The van der Waals surface area contributed by atoms with E-state index in [-0.39, 0.29) is 31.8 Å². The zero-order valence-electron chi connectivity index (χ0n) is 10.1. The summed E-state index contributed by atoms with van der Waals surface area (Å²) in [6.07, 6.45) is 2.46. The third-order valence-electron chi connectivity index (χ3n) is 3.32. The number of fused-ring (bicyclic) bond motifs is 1. The Hall–Kier alpha value is -2.05. The number of carbonyl (C=O) groups is 1. The van der Waals surface area contributed by atoms with Gasteiger partial charge in [-0.05, 0) is 6.07 Å². The number of pyridine rings is 1. The zero-order chi connectivity index (χ0) is 13.5. The van der Waals surface area contributed by atoms with Crippen LogP contribution in [-0.2, 0) is 0 Å². The molecular formula is C12H12F2N4O. The molecule has 1 saturated heterocycles. The molecule has 0 atom stereocenters. The minimum Gasteiger partial charge on any atom is -0.338 e. The van der Waals surface area contributed by atoms with Crippen LogP contribution in [0, 0.1) is 0 Å². The van der Waals surface area contributed by atoms with E-state index in [0.717, 1.165) is 5.39 Å². The number of piperidine rings is 1. The number of aromatic nitrogens is 3. The molecule has 0 saturated carbocycles. The Morgan fingerprint density at radius 2 is 2.05 bits per heavy atom. The Morgan fingerprint density at radius 3 is 2.79 bits per heavy atom. The summed E-state index contributed by atoms with van der Waals surface area (Å²) in [7, 11) is 0. The molecule has 2 aromatic heterocycles. The lowest BCUT2D eigenvalue weighted by molar-refractivity contribution is -0.0494. The van der Waals surface area contributed by atoms with Crippen molar-refractivity contribution in [1.29, 1.82) is 0 Å². The van der Waals surface area contributed by atoms with E-state index in [2.05, 4.69) is 15.2 Å². The third kappa shape index (κ3) is 2.27. The van der Waals surface area contributed by atoms with E-state index in [0.29, 0.717) is 11.2 Å². The topological polar surface area (TPSA) is 61.9 Å². The van der Waals surface area contributed by atoms with Crippen molar-refractivity contribution in [2.75, 3.05) is 13.1 Å². The van der Waals surface area contributed by atoms with Gasteiger partial charge < -0.3 is 4.90 Å². The molecule has 1 aliphatic rings. The van der Waals surface area contributed by atoms with E-state index in [1.54, 1.807) is 12.3 Å². The second-order valence-electron chi connectivity index (χ2n) is 4.68. The molecule has 3 rings (SSSR count). The summed E-state index contributed by atoms with van der Waals surface area (Å²) in [5.41, 5.74) is 1.00. The summed E-state index contributed by atoms with van der Waals surface area (Å²) in [5.74, 6) is -2.91. The van der Waals surface area contributed by atoms with E-state index in [1.165, 1.54) is 11.1 Å². The number of nitrogens with one attached hydrogen (secondary N) is 1. The number of hydrogen-bond donors (Lipinski definition) is 1. The Morgan fingerprint density at radius 1 is 1.32 bits per heavy atom. The van der Waals surface area contributed by atoms with Gasteiger partial charge in [-0.15, -0.1) is 0 Å². The highest BCUT2D eigenvalue weighted by Gasteiger charge is 2.35. The van der Waals surface area contributed by atoms with Crippen molar-refractivity contribution < 1.29 is 13.6 Å². The molecule has 1 fully saturated rings. The molecule has 3 heterocycles. The van der Waals surface area contributed by atoms with Gasteiger partial charge in [0.2, 0.25) is 0 Å². The summed E-state index contributed by atoms with van der Waals surface area (Å²) in [6, 6.07) is 1.67. The number of H-pyrrole nitrogens is 1. The number of rotatable bonds is 1. The average molecular weight is 266 g/mol. The molecule has 19 heavy (non-hydrogen) atoms. The van der Waals surface area contributed by atoms with Crippen LogP contribution in [0.2, 0.25) is 0 Å². The number of nitrogens with zero attached hydrogens (tertiary/aromatic N) is 3. The van der Waals surface area contributed by atoms with Crippen LogP contribution >= 0.6 is 0 Å². The number of amides is 1. The summed E-state index contributed by atoms with van der Waals surface area (Å²) in [5, 5.41) is 7.24. The molecule has 0 aromatic carbocycles. The molecular weight excluding hydrogens is 254 g/mol. The quantitative estimate of drug-likeness (QED) is 0.856. The second-order valence-corrected chi connectivity index (χ2v) is 4.68. The first-order valence-electron chi connectivity index (χ1n) is 6.01. The van der Waals surface area contributed by atoms with Gasteiger partial charge in [0.1, 0.15) is 0 Å². The maximum absolute atomic E-state index is 13.0. The van der Waals surface area contributed by atoms with Gasteiger partial charge in [-0.1, -0.05) is 0 Å². The van der Waals surface area contributed by atoms with E-state index in [4.69, 9.17) is 0 Å². The molecule has 1 aliphatic heterocycles. The van der Waals surface area contributed by atoms with Crippen molar-refractivity contribution in [2.24, 2.45) is 0 Å². The molecule has 100 valence electrons. The highest BCUT2D eigenvalue weighted by atomic mass is 19.3. The number of alkyl halides is 2. The number of aromatic amines is 1. The Kier molecular flexibility index (Phi) is 2.69. The predicted molar refractivity (Wildman–Crippen MR) is 64.0 cm³/mol. The summed E-state index contributed by atoms with van der Waals surface area (Å²) in [4.78, 5) is 17.7. The van der Waals surface area contributed by atoms with Gasteiger partial charge in [0.05, 0.1) is 11.8 Å². The predicted octanol–water partition coefficient (Wildman–Crippen LogP) is 1.83. The molecule has 1 N–H and O–H groups in total. The van der Waals surface area contributed by atoms with Crippen LogP contribution in [0.4, 0.5) is 8.78 Å². The monoisotopic (exact) mass is 266 g/mol. The lowest BCUT2D eigenvalue weighted by atomic mass is 10.1. The van der Waals surface area contributed by atoms with E-state index >= 15 is 0 Å². The van der Waals surface area contributed by atoms with Crippen molar-refractivity contribution in [1.82, 2.24) is 20.1 Å². The zero-order valence-corrected chi connectivity index (χ0v) is 10.1. The Labute approximate surface area is 107 Å². The number of hydrogen-bond acceptors (Lipinski definition) is 3. The molecule has 0 bridgehead atoms. The molecule has 0 radical (unpaired) electrons. The molecule has 0 aliphatic carbocycles. The van der Waals surface area contributed by atoms with Gasteiger partial charge >= 0.3 is 0 Å². The molecule has 0 spiro atoms. The highest BCUT2D eigenvalue weighted by Crippen LogP contribution is 2.28. The molecule has 0 unspecified atom stereocenters. The van der Waals surface area contributed by atoms with Gasteiger partial charge in [-0.2, -0.15) is 5.10 Å². The van der Waals surface area contributed by atoms with E-state index in [9.17, 15) is 13.6 Å². The first-order chi connectivity index (χ1) is 9.05. The average Bonchev–Trinajstić information content (AvgIpc) is 2.85. The lowest BCUT2D eigenvalue weighted by Gasteiger charge is -2.31. The van der Waals surface area contributed by atoms with Gasteiger partial charge in [-0.25, -0.2) is 13.8 Å². The van der Waals surface area contributed by atoms with Crippen molar-refractivity contribution in [3.05, 3.63) is 24.0 Å². The van der Waals surface area contributed by atoms with E-state index < -0.39 is 5.92 Å². The minimum atomic E-state index is -2.65. The Balaban J connectivity index is 1.80. The van der Waals surface area contributed by atoms with Gasteiger partial charge in [-0.3, -0.25) is 9.89 Å². The van der Waals surface area contributed by atoms with E-state index in [1.807, 2.05) is 0 Å². The maximum atomic E-state index is 13.0. The number of carbonyl (C=O) groups excluding carboxylic acids is 1. The van der Waals surface area contributed by atoms with Gasteiger partial charge in [0.15, 0.2) is 5.65 Å². The SMILES string of the molecule is O=C(c1cnc2[nH]ncc2c1)N1CCC(F)(F)CC1. The Bertz CT molecular complexity index is 615. The first-order valence-corrected chi connectivity index (χ1v) is 6.01. The van der Waals surface area contributed by atoms with Crippen LogP contribution < -0.4 is 0 Å². The lowest BCUT2D eigenvalue weighted by Crippen LogP contribution is -2.42. The van der Waals surface area contributed by atoms with Gasteiger partial charge in [0, 0.05) is 37.5 Å². The van der Waals surface area contributed by atoms with Crippen molar-refractivity contribution in [3.63, 3.8) is 0 Å². The molecule has 2 aromatic rings. The fourth-order valence-electron chi connectivity index (χ4n) is 2.17. The van der Waals surface area contributed by atoms with Crippen LogP contribution in [0.5, 0.6) is 0 Å². The summed E-state index contributed by atoms with van der Waals surface area (Å²) >= 11 is 0. The molecule has 1 amide bonds. The number of likely N-dealkylation sites (tertiary alicyclic amines) is 1. The standard InChI is InChI=1S/C12H12F2N4O/c13-12(14)1-3-18(4-2-12)11(19)9-5-8-7-16-17-10(8)15-6-9/h5-7H,1-4H2,(H,15,16,17). The molecule has 5 nitrogen and oxygen atoms in total. The van der Waals surface area contributed by atoms with Crippen LogP contribution in [-0.4, -0.2) is 45.0 Å². The van der Waals surface area contributed by atoms with Crippen LogP contribution in [0.1, 0.15) is 23.2 Å². The van der Waals surface area contributed by atoms with Crippen molar-refractivity contribution >= 4 is 16.9 Å². The smallest absolute Gasteiger partial charge is 0.255 e. The van der Waals surface area contributed by atoms with Crippen molar-refractivity contribution in [3.8, 4) is 0 Å². The second kappa shape index (κ2) is 4.25. The normalized spacial score (nSPS) is 18.7. The van der Waals surface area contributed by atoms with Crippen LogP contribution in [0.25, 0.3) is 11.0 Å². The van der Waals surface area contributed by atoms with Crippen LogP contribution in [0.15, 0.2) is 18.5 Å². The fourth-order valence-corrected chi connectivity index (χ4v) is 2.17. The summed E-state index contributed by atoms with van der Waals surface area (Å²) < 4.78 is 26.1. The maximum Gasteiger partial charge on any atom is 0.255 e. The fraction of sp³-hybridized carbons (Fsp3) is 0.417. The largest absolute Gasteiger partial charge is 0.338 e. The minimum absolute atomic E-state index is 0.0786.